The number of aliphatic hydroxyl groups excluding tert-OH is 5. The Morgan fingerprint density at radius 3 is 1.77 bits per heavy atom. The minimum atomic E-state index is -0.825. The van der Waals surface area contributed by atoms with Gasteiger partial charge in [0.05, 0.1) is 30.5 Å². The Kier molecular flexibility index (Phi) is 19.3. The average molecular weight is 543 g/mol. The summed E-state index contributed by atoms with van der Waals surface area (Å²) in [6.45, 7) is 1.72. The van der Waals surface area contributed by atoms with Crippen LogP contribution in [0.3, 0.4) is 0 Å². The van der Waals surface area contributed by atoms with Crippen LogP contribution in [0.1, 0.15) is 58.3 Å². The molecule has 7 nitrogen and oxygen atoms in total. The molecule has 1 heterocycles. The molecule has 216 valence electrons. The molecule has 7 heteroatoms. The number of esters is 1. The van der Waals surface area contributed by atoms with Gasteiger partial charge in [-0.3, -0.25) is 4.79 Å². The van der Waals surface area contributed by atoms with Crippen LogP contribution in [-0.4, -0.2) is 68.1 Å². The van der Waals surface area contributed by atoms with Crippen LogP contribution in [-0.2, 0) is 9.53 Å². The first-order chi connectivity index (χ1) is 18.8. The van der Waals surface area contributed by atoms with E-state index in [9.17, 15) is 30.3 Å². The van der Waals surface area contributed by atoms with Gasteiger partial charge in [0, 0.05) is 19.3 Å². The molecular formula is C32H46O7. The van der Waals surface area contributed by atoms with Gasteiger partial charge in [-0.1, -0.05) is 97.2 Å². The molecule has 1 rings (SSSR count). The molecule has 0 aromatic heterocycles. The molecule has 1 aliphatic rings. The van der Waals surface area contributed by atoms with E-state index >= 15 is 0 Å². The van der Waals surface area contributed by atoms with E-state index in [1.165, 1.54) is 0 Å². The molecule has 0 aromatic rings. The molecule has 0 saturated carbocycles. The minimum Gasteiger partial charge on any atom is -0.463 e. The number of ether oxygens (including phenoxy) is 1. The van der Waals surface area contributed by atoms with Gasteiger partial charge in [-0.15, -0.1) is 0 Å². The number of cyclic esters (lactones) is 1. The number of carbonyl (C=O) groups is 1. The summed E-state index contributed by atoms with van der Waals surface area (Å²) in [5, 5.41) is 50.6. The second-order valence-electron chi connectivity index (χ2n) is 9.60. The summed E-state index contributed by atoms with van der Waals surface area (Å²) in [4.78, 5) is 12.0. The summed E-state index contributed by atoms with van der Waals surface area (Å²) in [6.07, 6.45) is 26.8. The zero-order valence-corrected chi connectivity index (χ0v) is 22.9. The SMILES string of the molecule is C[C@H]1C[C@@H](O)C[C@@H](O)C/C=C/[C@@H](O)C/C=C/[C@@H](O)C[C@@H](O)C/C=C/C=C/C=C/C=C/C=C/C=C/CCC(=O)O1. The van der Waals surface area contributed by atoms with E-state index in [2.05, 4.69) is 0 Å². The largest absolute Gasteiger partial charge is 0.463 e. The Labute approximate surface area is 233 Å². The summed E-state index contributed by atoms with van der Waals surface area (Å²) in [6, 6.07) is 0. The Bertz CT molecular complexity index is 894. The van der Waals surface area contributed by atoms with Crippen molar-refractivity contribution in [3.8, 4) is 0 Å². The summed E-state index contributed by atoms with van der Waals surface area (Å²) < 4.78 is 5.35. The zero-order chi connectivity index (χ0) is 28.7. The Hall–Kier alpha value is -2.81. The van der Waals surface area contributed by atoms with Crippen LogP contribution in [0, 0.1) is 0 Å². The maximum atomic E-state index is 12.0. The monoisotopic (exact) mass is 542 g/mol. The fraction of sp³-hybridized carbons (Fsp3) is 0.469. The summed E-state index contributed by atoms with van der Waals surface area (Å²) >= 11 is 0. The lowest BCUT2D eigenvalue weighted by Crippen LogP contribution is -2.24. The van der Waals surface area contributed by atoms with Crippen molar-refractivity contribution < 1.29 is 35.1 Å². The van der Waals surface area contributed by atoms with Gasteiger partial charge in [-0.25, -0.2) is 0 Å². The van der Waals surface area contributed by atoms with Crippen molar-refractivity contribution >= 4 is 5.97 Å². The van der Waals surface area contributed by atoms with Crippen LogP contribution in [0.2, 0.25) is 0 Å². The van der Waals surface area contributed by atoms with Gasteiger partial charge >= 0.3 is 5.97 Å². The van der Waals surface area contributed by atoms with Crippen LogP contribution in [0.15, 0.2) is 97.2 Å². The van der Waals surface area contributed by atoms with Gasteiger partial charge in [0.15, 0.2) is 0 Å². The van der Waals surface area contributed by atoms with E-state index in [-0.39, 0.29) is 44.5 Å². The second kappa shape index (κ2) is 22.1. The number of rotatable bonds is 0. The summed E-state index contributed by atoms with van der Waals surface area (Å²) in [5.41, 5.74) is 0. The lowest BCUT2D eigenvalue weighted by Gasteiger charge is -2.19. The molecule has 0 amide bonds. The van der Waals surface area contributed by atoms with Gasteiger partial charge in [0.1, 0.15) is 6.10 Å². The molecule has 0 aliphatic carbocycles. The predicted molar refractivity (Wildman–Crippen MR) is 156 cm³/mol. The van der Waals surface area contributed by atoms with E-state index < -0.39 is 36.6 Å². The lowest BCUT2D eigenvalue weighted by molar-refractivity contribution is -0.149. The standard InChI is InChI=1S/C32H46O7/c1-26-23-31(37)25-30(36)21-16-19-27(33)18-15-20-29(35)24-28(34)17-13-11-9-7-5-3-2-4-6-8-10-12-14-22-32(38)39-26/h2-13,15-16,19-20,26-31,33-37H,14,17-18,21-25H2,1H3/b4-2+,5-3+,8-6+,9-7+,12-10+,13-11+,19-16+,20-15+/t26-,27-,28-,29+,30-,31+/m0/s1. The fourth-order valence-corrected chi connectivity index (χ4v) is 3.72. The normalized spacial score (nSPS) is 36.5. The number of aliphatic hydroxyl groups is 5. The molecule has 0 unspecified atom stereocenters. The van der Waals surface area contributed by atoms with Gasteiger partial charge < -0.3 is 30.3 Å². The van der Waals surface area contributed by atoms with Crippen LogP contribution < -0.4 is 0 Å². The molecule has 0 aromatic carbocycles. The molecule has 0 fully saturated rings. The first-order valence-electron chi connectivity index (χ1n) is 13.7. The van der Waals surface area contributed by atoms with E-state index in [0.29, 0.717) is 12.8 Å². The van der Waals surface area contributed by atoms with Gasteiger partial charge in [-0.05, 0) is 39.0 Å². The molecule has 1 aliphatic heterocycles. The maximum Gasteiger partial charge on any atom is 0.306 e. The van der Waals surface area contributed by atoms with Gasteiger partial charge in [0.25, 0.3) is 0 Å². The first kappa shape index (κ1) is 34.2. The van der Waals surface area contributed by atoms with Crippen LogP contribution in [0.4, 0.5) is 0 Å². The number of allylic oxidation sites excluding steroid dienone is 11. The van der Waals surface area contributed by atoms with E-state index in [0.717, 1.165) is 0 Å². The van der Waals surface area contributed by atoms with Crippen molar-refractivity contribution in [2.45, 2.75) is 94.9 Å². The van der Waals surface area contributed by atoms with Crippen molar-refractivity contribution in [3.05, 3.63) is 97.2 Å². The Morgan fingerprint density at radius 2 is 1.10 bits per heavy atom. The molecule has 39 heavy (non-hydrogen) atoms. The van der Waals surface area contributed by atoms with E-state index in [1.807, 2.05) is 72.9 Å². The van der Waals surface area contributed by atoms with Crippen LogP contribution >= 0.6 is 0 Å². The van der Waals surface area contributed by atoms with Crippen molar-refractivity contribution in [2.24, 2.45) is 0 Å². The van der Waals surface area contributed by atoms with Crippen molar-refractivity contribution in [1.82, 2.24) is 0 Å². The highest BCUT2D eigenvalue weighted by atomic mass is 16.5. The third-order valence-electron chi connectivity index (χ3n) is 5.69. The average Bonchev–Trinajstić information content (AvgIpc) is 2.85. The Balaban J connectivity index is 2.70. The van der Waals surface area contributed by atoms with Gasteiger partial charge in [0.2, 0.25) is 0 Å². The quantitative estimate of drug-likeness (QED) is 0.228. The second-order valence-corrected chi connectivity index (χ2v) is 9.60. The van der Waals surface area contributed by atoms with Crippen LogP contribution in [0.25, 0.3) is 0 Å². The third-order valence-corrected chi connectivity index (χ3v) is 5.69. The third kappa shape index (κ3) is 20.8. The van der Waals surface area contributed by atoms with E-state index in [1.54, 1.807) is 31.2 Å². The lowest BCUT2D eigenvalue weighted by atomic mass is 10.0. The maximum absolute atomic E-state index is 12.0. The fourth-order valence-electron chi connectivity index (χ4n) is 3.72. The molecule has 0 saturated heterocycles. The number of hydrogen-bond donors (Lipinski definition) is 5. The Morgan fingerprint density at radius 1 is 0.590 bits per heavy atom. The number of carbonyl (C=O) groups excluding carboxylic acids is 1. The van der Waals surface area contributed by atoms with E-state index in [4.69, 9.17) is 4.74 Å². The minimum absolute atomic E-state index is 0.127. The summed E-state index contributed by atoms with van der Waals surface area (Å²) in [7, 11) is 0. The highest BCUT2D eigenvalue weighted by Crippen LogP contribution is 2.12. The smallest absolute Gasteiger partial charge is 0.306 e. The molecule has 5 N–H and O–H groups in total. The molecule has 0 radical (unpaired) electrons. The highest BCUT2D eigenvalue weighted by Gasteiger charge is 2.17. The zero-order valence-electron chi connectivity index (χ0n) is 22.9. The van der Waals surface area contributed by atoms with Crippen molar-refractivity contribution in [1.29, 1.82) is 0 Å². The van der Waals surface area contributed by atoms with Crippen LogP contribution in [0.5, 0.6) is 0 Å². The summed E-state index contributed by atoms with van der Waals surface area (Å²) in [5.74, 6) is -0.336. The predicted octanol–water partition coefficient (Wildman–Crippen LogP) is 4.31. The molecule has 6 atom stereocenters. The first-order valence-corrected chi connectivity index (χ1v) is 13.7. The molecule has 0 spiro atoms. The van der Waals surface area contributed by atoms with Crippen molar-refractivity contribution in [3.63, 3.8) is 0 Å². The molecule has 0 bridgehead atoms. The van der Waals surface area contributed by atoms with Crippen molar-refractivity contribution in [2.75, 3.05) is 0 Å². The number of hydrogen-bond acceptors (Lipinski definition) is 7. The van der Waals surface area contributed by atoms with Gasteiger partial charge in [-0.2, -0.15) is 0 Å². The molecular weight excluding hydrogens is 496 g/mol. The highest BCUT2D eigenvalue weighted by molar-refractivity contribution is 5.69. The topological polar surface area (TPSA) is 127 Å².